The summed E-state index contributed by atoms with van der Waals surface area (Å²) in [5, 5.41) is 6.41. The van der Waals surface area contributed by atoms with Crippen molar-refractivity contribution >= 4 is 23.2 Å². The van der Waals surface area contributed by atoms with E-state index in [1.54, 1.807) is 12.5 Å². The molecule has 6 heteroatoms. The molecular weight excluding hydrogens is 390 g/mol. The zero-order valence-corrected chi connectivity index (χ0v) is 18.1. The zero-order chi connectivity index (χ0) is 21.6. The van der Waals surface area contributed by atoms with Crippen LogP contribution in [0, 0.1) is 5.92 Å². The van der Waals surface area contributed by atoms with Gasteiger partial charge in [-0.05, 0) is 68.9 Å². The molecule has 1 aromatic heterocycles. The number of amides is 1. The highest BCUT2D eigenvalue weighted by Gasteiger charge is 2.22. The molecule has 0 saturated heterocycles. The van der Waals surface area contributed by atoms with Gasteiger partial charge in [-0.15, -0.1) is 0 Å². The van der Waals surface area contributed by atoms with Gasteiger partial charge in [-0.25, -0.2) is 4.98 Å². The Morgan fingerprint density at radius 2 is 2.00 bits per heavy atom. The normalized spacial score (nSPS) is 22.1. The van der Waals surface area contributed by atoms with Crippen LogP contribution in [0.1, 0.15) is 45.1 Å². The lowest BCUT2D eigenvalue weighted by molar-refractivity contribution is -0.113. The summed E-state index contributed by atoms with van der Waals surface area (Å²) in [7, 11) is 0. The lowest BCUT2D eigenvalue weighted by atomic mass is 9.97. The van der Waals surface area contributed by atoms with Crippen LogP contribution in [0.5, 0.6) is 5.75 Å². The number of benzene rings is 1. The van der Waals surface area contributed by atoms with Crippen molar-refractivity contribution in [3.63, 3.8) is 0 Å². The molecule has 2 N–H and O–H groups in total. The Labute approximate surface area is 183 Å². The van der Waals surface area contributed by atoms with Crippen LogP contribution in [0.2, 0.25) is 0 Å². The predicted octanol–water partition coefficient (Wildman–Crippen LogP) is 5.36. The molecule has 1 aromatic carbocycles. The molecule has 1 amide bonds. The van der Waals surface area contributed by atoms with Crippen molar-refractivity contribution in [2.45, 2.75) is 45.6 Å². The van der Waals surface area contributed by atoms with E-state index in [0.717, 1.165) is 42.9 Å². The molecule has 0 spiro atoms. The van der Waals surface area contributed by atoms with Crippen molar-refractivity contribution in [1.82, 2.24) is 4.98 Å². The van der Waals surface area contributed by atoms with Gasteiger partial charge in [0.05, 0.1) is 17.4 Å². The highest BCUT2D eigenvalue weighted by Crippen LogP contribution is 2.30. The molecule has 2 unspecified atom stereocenters. The Bertz CT molecular complexity index is 999. The van der Waals surface area contributed by atoms with E-state index < -0.39 is 0 Å². The molecular formula is C25H29N3O3. The number of hydrogen-bond donors (Lipinski definition) is 2. The lowest BCUT2D eigenvalue weighted by Gasteiger charge is -2.19. The van der Waals surface area contributed by atoms with Crippen LogP contribution in [-0.2, 0) is 9.53 Å². The topological polar surface area (TPSA) is 72.5 Å². The number of anilines is 2. The van der Waals surface area contributed by atoms with Crippen LogP contribution in [0.15, 0.2) is 60.5 Å². The molecule has 4 rings (SSSR count). The highest BCUT2D eigenvalue weighted by molar-refractivity contribution is 6.04. The van der Waals surface area contributed by atoms with Gasteiger partial charge in [0.15, 0.2) is 0 Å². The van der Waals surface area contributed by atoms with Crippen molar-refractivity contribution in [1.29, 1.82) is 0 Å². The maximum Gasteiger partial charge on any atom is 0.255 e. The fraction of sp³-hybridized carbons (Fsp3) is 0.360. The van der Waals surface area contributed by atoms with E-state index in [0.29, 0.717) is 23.4 Å². The van der Waals surface area contributed by atoms with Crippen molar-refractivity contribution in [2.75, 3.05) is 17.2 Å². The Hall–Kier alpha value is -3.28. The Morgan fingerprint density at radius 3 is 2.90 bits per heavy atom. The van der Waals surface area contributed by atoms with Gasteiger partial charge in [-0.2, -0.15) is 0 Å². The summed E-state index contributed by atoms with van der Waals surface area (Å²) in [5.74, 6) is 2.08. The second-order valence-corrected chi connectivity index (χ2v) is 8.13. The summed E-state index contributed by atoms with van der Waals surface area (Å²) >= 11 is 0. The largest absolute Gasteiger partial charge is 0.489 e. The van der Waals surface area contributed by atoms with Crippen LogP contribution in [-0.4, -0.2) is 23.5 Å². The van der Waals surface area contributed by atoms with E-state index in [2.05, 4.69) is 22.5 Å². The van der Waals surface area contributed by atoms with E-state index in [1.165, 1.54) is 0 Å². The minimum Gasteiger partial charge on any atom is -0.489 e. The van der Waals surface area contributed by atoms with Gasteiger partial charge in [0.25, 0.3) is 5.91 Å². The van der Waals surface area contributed by atoms with E-state index in [-0.39, 0.29) is 17.9 Å². The van der Waals surface area contributed by atoms with Gasteiger partial charge in [-0.1, -0.05) is 19.1 Å². The first kappa shape index (κ1) is 21.0. The monoisotopic (exact) mass is 419 g/mol. The average molecular weight is 420 g/mol. The molecule has 0 radical (unpaired) electrons. The number of aromatic nitrogens is 1. The van der Waals surface area contributed by atoms with Gasteiger partial charge < -0.3 is 20.1 Å². The first-order valence-electron chi connectivity index (χ1n) is 10.9. The Kier molecular flexibility index (Phi) is 6.55. The van der Waals surface area contributed by atoms with Crippen molar-refractivity contribution < 1.29 is 14.3 Å². The van der Waals surface area contributed by atoms with Gasteiger partial charge in [0, 0.05) is 18.3 Å². The van der Waals surface area contributed by atoms with Crippen LogP contribution in [0.4, 0.5) is 11.5 Å². The van der Waals surface area contributed by atoms with E-state index in [9.17, 15) is 4.79 Å². The molecule has 0 aliphatic carbocycles. The number of pyridine rings is 1. The summed E-state index contributed by atoms with van der Waals surface area (Å²) in [6, 6.07) is 11.5. The van der Waals surface area contributed by atoms with Gasteiger partial charge in [-0.3, -0.25) is 4.79 Å². The number of carbonyl (C=O) groups is 1. The third-order valence-electron chi connectivity index (χ3n) is 5.61. The summed E-state index contributed by atoms with van der Waals surface area (Å²) in [4.78, 5) is 17.5. The highest BCUT2D eigenvalue weighted by atomic mass is 16.5. The van der Waals surface area contributed by atoms with Crippen LogP contribution in [0.3, 0.4) is 0 Å². The number of para-hydroxylation sites is 2. The zero-order valence-electron chi connectivity index (χ0n) is 18.1. The standard InChI is InChI=1S/C25H29N3O3/c1-17-10-11-22-19-12-14-27-24(15-19)26-13-6-5-7-18(2)31-23-9-4-3-8-21(23)28-25(29)20(17)16-30-22/h3-4,8-9,11-12,14-18H,5-7,10,13H2,1-2H3,(H,26,27)(H,28,29). The number of carbonyl (C=O) groups excluding carboxylic acids is 1. The van der Waals surface area contributed by atoms with Crippen LogP contribution in [0.25, 0.3) is 5.76 Å². The molecule has 31 heavy (non-hydrogen) atoms. The predicted molar refractivity (Wildman–Crippen MR) is 123 cm³/mol. The number of allylic oxidation sites excluding steroid dienone is 1. The van der Waals surface area contributed by atoms with Crippen molar-refractivity contribution in [2.24, 2.45) is 5.92 Å². The Morgan fingerprint density at radius 1 is 1.13 bits per heavy atom. The van der Waals surface area contributed by atoms with Crippen molar-refractivity contribution in [3.05, 3.63) is 66.1 Å². The minimum absolute atomic E-state index is 0.0195. The van der Waals surface area contributed by atoms with Crippen LogP contribution < -0.4 is 15.4 Å². The van der Waals surface area contributed by atoms with E-state index in [4.69, 9.17) is 9.47 Å². The number of fused-ring (bicyclic) bond motifs is 6. The molecule has 2 aliphatic heterocycles. The fourth-order valence-corrected chi connectivity index (χ4v) is 3.76. The van der Waals surface area contributed by atoms with Crippen molar-refractivity contribution in [3.8, 4) is 5.75 Å². The molecule has 2 aliphatic rings. The van der Waals surface area contributed by atoms with Gasteiger partial charge >= 0.3 is 0 Å². The molecule has 162 valence electrons. The first-order chi connectivity index (χ1) is 15.1. The second kappa shape index (κ2) is 9.69. The maximum absolute atomic E-state index is 13.1. The quantitative estimate of drug-likeness (QED) is 0.601. The van der Waals surface area contributed by atoms with Gasteiger partial charge in [0.2, 0.25) is 0 Å². The molecule has 3 heterocycles. The molecule has 0 saturated carbocycles. The van der Waals surface area contributed by atoms with Gasteiger partial charge in [0.1, 0.15) is 23.6 Å². The summed E-state index contributed by atoms with van der Waals surface area (Å²) < 4.78 is 12.1. The molecule has 0 fully saturated rings. The average Bonchev–Trinajstić information content (AvgIpc) is 2.96. The summed E-state index contributed by atoms with van der Waals surface area (Å²) in [6.07, 6.45) is 9.11. The number of nitrogens with one attached hydrogen (secondary N) is 2. The second-order valence-electron chi connectivity index (χ2n) is 8.13. The Balaban J connectivity index is 1.65. The van der Waals surface area contributed by atoms with E-state index in [1.807, 2.05) is 49.4 Å². The number of hydrogen-bond acceptors (Lipinski definition) is 5. The molecule has 2 aromatic rings. The van der Waals surface area contributed by atoms with Crippen LogP contribution >= 0.6 is 0 Å². The van der Waals surface area contributed by atoms with E-state index >= 15 is 0 Å². The lowest BCUT2D eigenvalue weighted by Crippen LogP contribution is -2.20. The molecule has 6 nitrogen and oxygen atoms in total. The minimum atomic E-state index is -0.177. The summed E-state index contributed by atoms with van der Waals surface area (Å²) in [5.41, 5.74) is 2.21. The SMILES string of the molecule is CC1CCCCNc2cc(ccn2)C2=CCC(C)C(=CO2)C(=O)Nc2ccccc2O1. The third kappa shape index (κ3) is 5.26. The number of ether oxygens (including phenoxy) is 2. The number of nitrogens with zero attached hydrogens (tertiary/aromatic N) is 1. The maximum atomic E-state index is 13.1. The molecule has 2 atom stereocenters. The number of rotatable bonds is 0. The molecule has 4 bridgehead atoms. The smallest absolute Gasteiger partial charge is 0.255 e. The summed E-state index contributed by atoms with van der Waals surface area (Å²) in [6.45, 7) is 4.93. The first-order valence-corrected chi connectivity index (χ1v) is 10.9. The third-order valence-corrected chi connectivity index (χ3v) is 5.61. The fourth-order valence-electron chi connectivity index (χ4n) is 3.76.